The molecule has 1 heterocycles. The molecule has 1 aliphatic heterocycles. The number of rotatable bonds is 4. The number of nitrogens with two attached hydrogens (primary N) is 1. The van der Waals surface area contributed by atoms with Crippen LogP contribution in [0.25, 0.3) is 0 Å². The van der Waals surface area contributed by atoms with E-state index < -0.39 is 6.04 Å². The number of hydrogen-bond donors (Lipinski definition) is 1. The van der Waals surface area contributed by atoms with Crippen LogP contribution in [-0.2, 0) is 14.3 Å². The first-order chi connectivity index (χ1) is 8.45. The third-order valence-electron chi connectivity index (χ3n) is 3.36. The predicted molar refractivity (Wildman–Crippen MR) is 68.8 cm³/mol. The van der Waals surface area contributed by atoms with Crippen LogP contribution >= 0.6 is 0 Å². The van der Waals surface area contributed by atoms with Crippen molar-refractivity contribution in [2.75, 3.05) is 13.7 Å². The van der Waals surface area contributed by atoms with Crippen LogP contribution in [0, 0.1) is 5.92 Å². The van der Waals surface area contributed by atoms with Gasteiger partial charge in [-0.1, -0.05) is 13.8 Å². The van der Waals surface area contributed by atoms with Crippen LogP contribution in [-0.4, -0.2) is 42.5 Å². The number of carbonyl (C=O) groups is 2. The van der Waals surface area contributed by atoms with Crippen LogP contribution < -0.4 is 5.73 Å². The minimum atomic E-state index is -0.480. The summed E-state index contributed by atoms with van der Waals surface area (Å²) in [5.41, 5.74) is 5.84. The third kappa shape index (κ3) is 3.98. The summed E-state index contributed by atoms with van der Waals surface area (Å²) in [4.78, 5) is 25.2. The molecule has 1 amide bonds. The highest BCUT2D eigenvalue weighted by Gasteiger charge is 2.32. The Morgan fingerprint density at radius 2 is 2.17 bits per heavy atom. The summed E-state index contributed by atoms with van der Waals surface area (Å²) in [6, 6.07) is -0.378. The molecule has 1 aliphatic rings. The number of ether oxygens (including phenoxy) is 1. The van der Waals surface area contributed by atoms with Gasteiger partial charge in [0, 0.05) is 6.04 Å². The predicted octanol–water partition coefficient (Wildman–Crippen LogP) is 0.914. The zero-order valence-electron chi connectivity index (χ0n) is 11.5. The molecule has 0 aromatic carbocycles. The lowest BCUT2D eigenvalue weighted by molar-refractivity contribution is -0.149. The summed E-state index contributed by atoms with van der Waals surface area (Å²) in [5, 5.41) is 0. The van der Waals surface area contributed by atoms with E-state index in [0.717, 1.165) is 19.3 Å². The van der Waals surface area contributed by atoms with Gasteiger partial charge in [-0.05, 0) is 31.6 Å². The summed E-state index contributed by atoms with van der Waals surface area (Å²) < 4.78 is 4.66. The molecule has 18 heavy (non-hydrogen) atoms. The maximum atomic E-state index is 12.2. The molecule has 0 unspecified atom stereocenters. The van der Waals surface area contributed by atoms with E-state index >= 15 is 0 Å². The van der Waals surface area contributed by atoms with Crippen molar-refractivity contribution in [1.82, 2.24) is 4.90 Å². The molecular formula is C13H24N2O3. The third-order valence-corrected chi connectivity index (χ3v) is 3.36. The van der Waals surface area contributed by atoms with Gasteiger partial charge in [-0.3, -0.25) is 9.59 Å². The lowest BCUT2D eigenvalue weighted by atomic mass is 9.99. The molecule has 0 saturated carbocycles. The lowest BCUT2D eigenvalue weighted by Gasteiger charge is -2.31. The molecule has 1 fully saturated rings. The largest absolute Gasteiger partial charge is 0.468 e. The second-order valence-corrected chi connectivity index (χ2v) is 5.36. The molecule has 0 bridgehead atoms. The Balaban J connectivity index is 2.82. The number of amides is 1. The first kappa shape index (κ1) is 15.0. The smallest absolute Gasteiger partial charge is 0.325 e. The van der Waals surface area contributed by atoms with Crippen molar-refractivity contribution in [3.63, 3.8) is 0 Å². The standard InChI is InChI=1S/C13H24N2O3/c1-9(2)7-10-5-4-6-11(14)13(17)15(10)8-12(16)18-3/h9-11H,4-8,14H2,1-3H3/t10-,11+/m1/s1. The van der Waals surface area contributed by atoms with Gasteiger partial charge >= 0.3 is 5.97 Å². The van der Waals surface area contributed by atoms with Gasteiger partial charge in [0.25, 0.3) is 0 Å². The van der Waals surface area contributed by atoms with E-state index in [1.54, 1.807) is 4.90 Å². The first-order valence-corrected chi connectivity index (χ1v) is 6.58. The first-order valence-electron chi connectivity index (χ1n) is 6.58. The van der Waals surface area contributed by atoms with Gasteiger partial charge in [0.05, 0.1) is 13.2 Å². The van der Waals surface area contributed by atoms with Crippen molar-refractivity contribution in [3.05, 3.63) is 0 Å². The Morgan fingerprint density at radius 3 is 2.72 bits per heavy atom. The highest BCUT2D eigenvalue weighted by Crippen LogP contribution is 2.22. The Hall–Kier alpha value is -1.10. The SMILES string of the molecule is COC(=O)CN1C(=O)[C@@H](N)CCC[C@@H]1CC(C)C. The van der Waals surface area contributed by atoms with Crippen molar-refractivity contribution < 1.29 is 14.3 Å². The summed E-state index contributed by atoms with van der Waals surface area (Å²) >= 11 is 0. The number of esters is 1. The van der Waals surface area contributed by atoms with E-state index in [1.807, 2.05) is 0 Å². The second kappa shape index (κ2) is 6.73. The van der Waals surface area contributed by atoms with Crippen LogP contribution in [0.15, 0.2) is 0 Å². The molecule has 0 aromatic heterocycles. The van der Waals surface area contributed by atoms with Crippen LogP contribution in [0.4, 0.5) is 0 Å². The number of methoxy groups -OCH3 is 1. The number of nitrogens with zero attached hydrogens (tertiary/aromatic N) is 1. The molecule has 2 N–H and O–H groups in total. The van der Waals surface area contributed by atoms with E-state index in [9.17, 15) is 9.59 Å². The van der Waals surface area contributed by atoms with Gasteiger partial charge in [-0.15, -0.1) is 0 Å². The molecule has 0 aliphatic carbocycles. The summed E-state index contributed by atoms with van der Waals surface area (Å²) in [5.74, 6) is -0.0213. The molecule has 104 valence electrons. The number of carbonyl (C=O) groups excluding carboxylic acids is 2. The van der Waals surface area contributed by atoms with Gasteiger partial charge in [0.1, 0.15) is 6.54 Å². The average molecular weight is 256 g/mol. The van der Waals surface area contributed by atoms with Gasteiger partial charge in [-0.25, -0.2) is 0 Å². The van der Waals surface area contributed by atoms with Crippen LogP contribution in [0.1, 0.15) is 39.5 Å². The lowest BCUT2D eigenvalue weighted by Crippen LogP contribution is -2.49. The fourth-order valence-electron chi connectivity index (χ4n) is 2.45. The van der Waals surface area contributed by atoms with Gasteiger partial charge in [0.15, 0.2) is 0 Å². The molecule has 0 spiro atoms. The fourth-order valence-corrected chi connectivity index (χ4v) is 2.45. The Labute approximate surface area is 109 Å². The van der Waals surface area contributed by atoms with E-state index in [-0.39, 0.29) is 24.5 Å². The summed E-state index contributed by atoms with van der Waals surface area (Å²) in [6.07, 6.45) is 3.44. The van der Waals surface area contributed by atoms with Crippen LogP contribution in [0.5, 0.6) is 0 Å². The van der Waals surface area contributed by atoms with E-state index in [1.165, 1.54) is 7.11 Å². The molecular weight excluding hydrogens is 232 g/mol. The zero-order valence-corrected chi connectivity index (χ0v) is 11.5. The van der Waals surface area contributed by atoms with Crippen LogP contribution in [0.3, 0.4) is 0 Å². The number of hydrogen-bond acceptors (Lipinski definition) is 4. The van der Waals surface area contributed by atoms with Gasteiger partial charge in [-0.2, -0.15) is 0 Å². The minimum Gasteiger partial charge on any atom is -0.468 e. The van der Waals surface area contributed by atoms with E-state index in [4.69, 9.17) is 5.73 Å². The molecule has 5 nitrogen and oxygen atoms in total. The van der Waals surface area contributed by atoms with Crippen molar-refractivity contribution in [2.24, 2.45) is 11.7 Å². The second-order valence-electron chi connectivity index (χ2n) is 5.36. The Morgan fingerprint density at radius 1 is 1.50 bits per heavy atom. The number of likely N-dealkylation sites (tertiary alicyclic amines) is 1. The van der Waals surface area contributed by atoms with Crippen molar-refractivity contribution in [2.45, 2.75) is 51.6 Å². The molecule has 0 radical (unpaired) electrons. The molecule has 5 heteroatoms. The topological polar surface area (TPSA) is 72.6 Å². The molecule has 0 aromatic rings. The molecule has 1 rings (SSSR count). The average Bonchev–Trinajstić information content (AvgIpc) is 2.43. The maximum absolute atomic E-state index is 12.2. The van der Waals surface area contributed by atoms with E-state index in [2.05, 4.69) is 18.6 Å². The summed E-state index contributed by atoms with van der Waals surface area (Å²) in [6.45, 7) is 4.25. The molecule has 1 saturated heterocycles. The van der Waals surface area contributed by atoms with Crippen molar-refractivity contribution in [3.8, 4) is 0 Å². The monoisotopic (exact) mass is 256 g/mol. The van der Waals surface area contributed by atoms with Crippen molar-refractivity contribution >= 4 is 11.9 Å². The van der Waals surface area contributed by atoms with Gasteiger partial charge in [0.2, 0.25) is 5.91 Å². The quantitative estimate of drug-likeness (QED) is 0.759. The highest BCUT2D eigenvalue weighted by atomic mass is 16.5. The normalized spacial score (nSPS) is 25.2. The highest BCUT2D eigenvalue weighted by molar-refractivity contribution is 5.86. The minimum absolute atomic E-state index is 0.0143. The maximum Gasteiger partial charge on any atom is 0.325 e. The summed E-state index contributed by atoms with van der Waals surface area (Å²) in [7, 11) is 1.34. The Kier molecular flexibility index (Phi) is 5.59. The molecule has 2 atom stereocenters. The van der Waals surface area contributed by atoms with Crippen molar-refractivity contribution in [1.29, 1.82) is 0 Å². The zero-order chi connectivity index (χ0) is 13.7. The van der Waals surface area contributed by atoms with E-state index in [0.29, 0.717) is 12.3 Å². The Bertz CT molecular complexity index is 305. The fraction of sp³-hybridized carbons (Fsp3) is 0.846. The van der Waals surface area contributed by atoms with Gasteiger partial charge < -0.3 is 15.4 Å². The van der Waals surface area contributed by atoms with Crippen LogP contribution in [0.2, 0.25) is 0 Å².